The van der Waals surface area contributed by atoms with E-state index in [9.17, 15) is 14.4 Å². The van der Waals surface area contributed by atoms with E-state index < -0.39 is 26.5 Å². The molecule has 0 spiro atoms. The van der Waals surface area contributed by atoms with Crippen LogP contribution >= 0.6 is 0 Å². The third kappa shape index (κ3) is 7.98. The number of benzene rings is 2. The van der Waals surface area contributed by atoms with E-state index in [1.807, 2.05) is 13.0 Å². The Balaban J connectivity index is 1.93. The van der Waals surface area contributed by atoms with Crippen LogP contribution < -0.4 is 10.1 Å². The van der Waals surface area contributed by atoms with Crippen molar-refractivity contribution >= 4 is 32.0 Å². The maximum atomic E-state index is 14.2. The fourth-order valence-electron chi connectivity index (χ4n) is 4.30. The summed E-state index contributed by atoms with van der Waals surface area (Å²) in [6.45, 7) is 16.7. The molecule has 1 aliphatic heterocycles. The minimum Gasteiger partial charge on any atom is -0.496 e. The summed E-state index contributed by atoms with van der Waals surface area (Å²) in [5.74, 6) is -0.290. The Labute approximate surface area is 243 Å². The lowest BCUT2D eigenvalue weighted by atomic mass is 10.1. The predicted molar refractivity (Wildman–Crippen MR) is 161 cm³/mol. The molecule has 2 aromatic rings. The van der Waals surface area contributed by atoms with Crippen LogP contribution in [0, 0.1) is 6.92 Å². The van der Waals surface area contributed by atoms with Crippen LogP contribution in [-0.4, -0.2) is 70.2 Å². The van der Waals surface area contributed by atoms with Gasteiger partial charge >= 0.3 is 12.1 Å². The number of nitrogens with zero attached hydrogens (tertiary/aromatic N) is 1. The van der Waals surface area contributed by atoms with E-state index >= 15 is 0 Å². The number of amides is 2. The third-order valence-electron chi connectivity index (χ3n) is 7.70. The standard InChI is InChI=1S/C31H42N2O7Si/c1-9-15-38-30(36)32-26-16-21(2)27(37-6)18-25(26)28(34)33-19-24(40-29(35)22-13-11-10-12-14-22)17-23(33)20-39-41(7,8)31(3,4)5/h9-14,16,18,23-24H,1,15,17,19-20H2,2-8H3,(H,32,36)/t23-,24-/m0/s1. The second kappa shape index (κ2) is 13.4. The van der Waals surface area contributed by atoms with Crippen molar-refractivity contribution in [3.8, 4) is 5.75 Å². The van der Waals surface area contributed by atoms with Gasteiger partial charge in [-0.25, -0.2) is 9.59 Å². The molecule has 0 aliphatic carbocycles. The quantitative estimate of drug-likeness (QED) is 0.202. The van der Waals surface area contributed by atoms with Gasteiger partial charge in [0.2, 0.25) is 0 Å². The van der Waals surface area contributed by atoms with Crippen LogP contribution in [0.25, 0.3) is 0 Å². The first-order valence-electron chi connectivity index (χ1n) is 13.7. The second-order valence-electron chi connectivity index (χ2n) is 11.7. The van der Waals surface area contributed by atoms with Gasteiger partial charge in [0.1, 0.15) is 18.5 Å². The second-order valence-corrected chi connectivity index (χ2v) is 16.5. The van der Waals surface area contributed by atoms with Crippen LogP contribution in [0.5, 0.6) is 5.75 Å². The number of rotatable bonds is 10. The van der Waals surface area contributed by atoms with Crippen LogP contribution in [0.15, 0.2) is 55.1 Å². The van der Waals surface area contributed by atoms with Crippen molar-refractivity contribution in [1.82, 2.24) is 4.90 Å². The Bertz CT molecular complexity index is 1260. The van der Waals surface area contributed by atoms with Gasteiger partial charge in [-0.2, -0.15) is 0 Å². The lowest BCUT2D eigenvalue weighted by Gasteiger charge is -2.38. The van der Waals surface area contributed by atoms with Gasteiger partial charge in [0.15, 0.2) is 8.32 Å². The first-order chi connectivity index (χ1) is 19.3. The van der Waals surface area contributed by atoms with Gasteiger partial charge in [0, 0.05) is 6.42 Å². The fraction of sp³-hybridized carbons (Fsp3) is 0.452. The molecule has 222 valence electrons. The third-order valence-corrected chi connectivity index (χ3v) is 12.2. The summed E-state index contributed by atoms with van der Waals surface area (Å²) in [7, 11) is -0.617. The van der Waals surface area contributed by atoms with Crippen LogP contribution in [0.2, 0.25) is 18.1 Å². The van der Waals surface area contributed by atoms with Crippen LogP contribution in [0.1, 0.15) is 53.5 Å². The first kappa shape index (κ1) is 31.9. The molecular weight excluding hydrogens is 540 g/mol. The number of methoxy groups -OCH3 is 1. The van der Waals surface area contributed by atoms with Gasteiger partial charge in [-0.15, -0.1) is 0 Å². The largest absolute Gasteiger partial charge is 0.496 e. The van der Waals surface area contributed by atoms with E-state index in [4.69, 9.17) is 18.6 Å². The van der Waals surface area contributed by atoms with Crippen LogP contribution in [-0.2, 0) is 13.9 Å². The summed E-state index contributed by atoms with van der Waals surface area (Å²) in [5.41, 5.74) is 1.70. The normalized spacial score (nSPS) is 17.1. The highest BCUT2D eigenvalue weighted by molar-refractivity contribution is 6.74. The van der Waals surface area contributed by atoms with Gasteiger partial charge in [-0.3, -0.25) is 10.1 Å². The molecule has 0 radical (unpaired) electrons. The highest BCUT2D eigenvalue weighted by Crippen LogP contribution is 2.38. The van der Waals surface area contributed by atoms with E-state index in [0.29, 0.717) is 24.3 Å². The molecular formula is C31H42N2O7Si. The van der Waals surface area contributed by atoms with Crippen molar-refractivity contribution in [2.24, 2.45) is 0 Å². The zero-order valence-corrected chi connectivity index (χ0v) is 26.1. The molecule has 2 atom stereocenters. The van der Waals surface area contributed by atoms with Crippen molar-refractivity contribution in [3.05, 3.63) is 71.8 Å². The van der Waals surface area contributed by atoms with E-state index in [0.717, 1.165) is 5.56 Å². The topological polar surface area (TPSA) is 103 Å². The van der Waals surface area contributed by atoms with Crippen molar-refractivity contribution in [2.75, 3.05) is 32.2 Å². The Morgan fingerprint density at radius 3 is 2.44 bits per heavy atom. The SMILES string of the molecule is C=CCOC(=O)Nc1cc(C)c(OC)cc1C(=O)N1C[C@@H](OC(=O)c2ccccc2)C[C@H]1CO[Si](C)(C)C(C)(C)C. The molecule has 1 aliphatic rings. The lowest BCUT2D eigenvalue weighted by molar-refractivity contribution is 0.0315. The minimum atomic E-state index is -2.14. The highest BCUT2D eigenvalue weighted by Gasteiger charge is 2.42. The Kier molecular flexibility index (Phi) is 10.4. The number of hydrogen-bond donors (Lipinski definition) is 1. The number of aryl methyl sites for hydroxylation is 1. The maximum absolute atomic E-state index is 14.2. The van der Waals surface area contributed by atoms with E-state index in [1.54, 1.807) is 41.3 Å². The zero-order chi connectivity index (χ0) is 30.4. The molecule has 0 unspecified atom stereocenters. The number of anilines is 1. The molecule has 41 heavy (non-hydrogen) atoms. The molecule has 0 saturated carbocycles. The molecule has 0 bridgehead atoms. The molecule has 9 nitrogen and oxygen atoms in total. The average Bonchev–Trinajstić information content (AvgIpc) is 3.33. The Morgan fingerprint density at radius 1 is 1.15 bits per heavy atom. The van der Waals surface area contributed by atoms with Crippen molar-refractivity contribution in [3.63, 3.8) is 0 Å². The molecule has 2 aromatic carbocycles. The molecule has 1 fully saturated rings. The van der Waals surface area contributed by atoms with Gasteiger partial charge in [-0.1, -0.05) is 51.6 Å². The summed E-state index contributed by atoms with van der Waals surface area (Å²) in [6, 6.07) is 11.7. The van der Waals surface area contributed by atoms with E-state index in [2.05, 4.69) is 45.8 Å². The monoisotopic (exact) mass is 582 g/mol. The van der Waals surface area contributed by atoms with Gasteiger partial charge in [-0.05, 0) is 54.9 Å². The number of carbonyl (C=O) groups excluding carboxylic acids is 3. The van der Waals surface area contributed by atoms with Gasteiger partial charge < -0.3 is 23.5 Å². The molecule has 1 N–H and O–H groups in total. The summed E-state index contributed by atoms with van der Waals surface area (Å²) in [5, 5.41) is 2.66. The number of hydrogen-bond acceptors (Lipinski definition) is 7. The van der Waals surface area contributed by atoms with Gasteiger partial charge in [0.05, 0.1) is 43.1 Å². The number of nitrogens with one attached hydrogen (secondary N) is 1. The summed E-state index contributed by atoms with van der Waals surface area (Å²) in [6.07, 6.45) is 0.642. The number of ether oxygens (including phenoxy) is 3. The molecule has 0 aromatic heterocycles. The Morgan fingerprint density at radius 2 is 1.83 bits per heavy atom. The van der Waals surface area contributed by atoms with Crippen molar-refractivity contribution in [2.45, 2.75) is 64.4 Å². The number of likely N-dealkylation sites (tertiary alicyclic amines) is 1. The zero-order valence-electron chi connectivity index (χ0n) is 25.1. The van der Waals surface area contributed by atoms with Crippen molar-refractivity contribution < 1.29 is 33.0 Å². The van der Waals surface area contributed by atoms with Gasteiger partial charge in [0.25, 0.3) is 5.91 Å². The van der Waals surface area contributed by atoms with Crippen LogP contribution in [0.3, 0.4) is 0 Å². The molecule has 10 heteroatoms. The Hall–Kier alpha value is -3.63. The summed E-state index contributed by atoms with van der Waals surface area (Å²) in [4.78, 5) is 41.1. The number of carbonyl (C=O) groups is 3. The predicted octanol–water partition coefficient (Wildman–Crippen LogP) is 6.20. The summed E-state index contributed by atoms with van der Waals surface area (Å²) < 4.78 is 22.9. The lowest BCUT2D eigenvalue weighted by Crippen LogP contribution is -2.46. The smallest absolute Gasteiger partial charge is 0.411 e. The molecule has 1 heterocycles. The van der Waals surface area contributed by atoms with Crippen molar-refractivity contribution in [1.29, 1.82) is 0 Å². The first-order valence-corrected chi connectivity index (χ1v) is 16.6. The van der Waals surface area contributed by atoms with Crippen LogP contribution in [0.4, 0.5) is 10.5 Å². The van der Waals surface area contributed by atoms with E-state index in [-0.39, 0.29) is 41.4 Å². The average molecular weight is 583 g/mol. The maximum Gasteiger partial charge on any atom is 0.411 e. The molecule has 2 amide bonds. The molecule has 1 saturated heterocycles. The fourth-order valence-corrected chi connectivity index (χ4v) is 5.35. The van der Waals surface area contributed by atoms with E-state index in [1.165, 1.54) is 13.2 Å². The highest BCUT2D eigenvalue weighted by atomic mass is 28.4. The minimum absolute atomic E-state index is 0.0210. The number of esters is 1. The summed E-state index contributed by atoms with van der Waals surface area (Å²) >= 11 is 0. The molecule has 3 rings (SSSR count).